The topological polar surface area (TPSA) is 0 Å². The van der Waals surface area contributed by atoms with Crippen molar-refractivity contribution in [2.75, 3.05) is 13.3 Å². The Hall–Kier alpha value is -0.140. The van der Waals surface area contributed by atoms with Crippen LogP contribution in [0.5, 0.6) is 0 Å². The summed E-state index contributed by atoms with van der Waals surface area (Å²) >= 11 is 0. The van der Waals surface area contributed by atoms with Crippen LogP contribution >= 0.6 is 0 Å². The Labute approximate surface area is 68.0 Å². The van der Waals surface area contributed by atoms with Gasteiger partial charge in [-0.25, -0.2) is 0 Å². The number of hydrogen-bond acceptors (Lipinski definition) is 0. The molecule has 0 spiro atoms. The number of hydrogen-bond donors (Lipinski definition) is 0. The Bertz CT molecular complexity index is 65.6. The van der Waals surface area contributed by atoms with Gasteiger partial charge in [0.2, 0.25) is 0 Å². The Morgan fingerprint density at radius 1 is 0.909 bits per heavy atom. The third-order valence-electron chi connectivity index (χ3n) is 2.26. The summed E-state index contributed by atoms with van der Waals surface area (Å²) in [7, 11) is 0. The van der Waals surface area contributed by atoms with Crippen molar-refractivity contribution < 1.29 is 8.78 Å². The second-order valence-corrected chi connectivity index (χ2v) is 3.09. The normalized spacial score (nSPS) is 16.4. The first-order valence-corrected chi connectivity index (χ1v) is 4.40. The minimum absolute atomic E-state index is 0.0794. The number of alkyl halides is 2. The molecule has 0 heterocycles. The Balaban J connectivity index is 3.58. The van der Waals surface area contributed by atoms with Gasteiger partial charge in [-0.1, -0.05) is 26.7 Å². The standard InChI is InChI=1S/C9H18F2/c1-3-8(6-10)5-9(4-2)7-11/h8-9H,3-7H2,1-2H3. The summed E-state index contributed by atoms with van der Waals surface area (Å²) in [5, 5.41) is 0. The molecule has 0 aromatic carbocycles. The predicted molar refractivity (Wildman–Crippen MR) is 44.1 cm³/mol. The van der Waals surface area contributed by atoms with Gasteiger partial charge in [0.15, 0.2) is 0 Å². The highest BCUT2D eigenvalue weighted by molar-refractivity contribution is 4.62. The first-order valence-electron chi connectivity index (χ1n) is 4.40. The lowest BCUT2D eigenvalue weighted by molar-refractivity contribution is 0.249. The van der Waals surface area contributed by atoms with Gasteiger partial charge in [0, 0.05) is 0 Å². The lowest BCUT2D eigenvalue weighted by Gasteiger charge is -2.15. The van der Waals surface area contributed by atoms with Crippen LogP contribution in [0.2, 0.25) is 0 Å². The SMILES string of the molecule is CCC(CF)CC(CC)CF. The van der Waals surface area contributed by atoms with Crippen molar-refractivity contribution in [2.24, 2.45) is 11.8 Å². The van der Waals surface area contributed by atoms with Gasteiger partial charge in [-0.3, -0.25) is 8.78 Å². The van der Waals surface area contributed by atoms with Gasteiger partial charge >= 0.3 is 0 Å². The maximum Gasteiger partial charge on any atom is 0.0922 e. The molecule has 2 unspecified atom stereocenters. The minimum atomic E-state index is -0.299. The molecule has 2 atom stereocenters. The molecular formula is C9H18F2. The molecule has 0 aliphatic carbocycles. The molecule has 0 aliphatic heterocycles. The van der Waals surface area contributed by atoms with Crippen LogP contribution in [-0.2, 0) is 0 Å². The summed E-state index contributed by atoms with van der Waals surface area (Å²) in [5.74, 6) is 0.159. The van der Waals surface area contributed by atoms with Crippen molar-refractivity contribution in [3.8, 4) is 0 Å². The van der Waals surface area contributed by atoms with E-state index in [-0.39, 0.29) is 25.2 Å². The molecule has 0 amide bonds. The first kappa shape index (κ1) is 10.9. The zero-order chi connectivity index (χ0) is 8.69. The maximum absolute atomic E-state index is 12.2. The van der Waals surface area contributed by atoms with E-state index in [1.807, 2.05) is 13.8 Å². The van der Waals surface area contributed by atoms with E-state index in [9.17, 15) is 8.78 Å². The average molecular weight is 164 g/mol. The van der Waals surface area contributed by atoms with E-state index >= 15 is 0 Å². The van der Waals surface area contributed by atoms with Crippen LogP contribution in [0, 0.1) is 11.8 Å². The van der Waals surface area contributed by atoms with Gasteiger partial charge < -0.3 is 0 Å². The zero-order valence-electron chi connectivity index (χ0n) is 7.45. The molecular weight excluding hydrogens is 146 g/mol. The van der Waals surface area contributed by atoms with E-state index in [0.29, 0.717) is 6.42 Å². The van der Waals surface area contributed by atoms with Crippen molar-refractivity contribution in [1.82, 2.24) is 0 Å². The highest BCUT2D eigenvalue weighted by atomic mass is 19.1. The molecule has 0 radical (unpaired) electrons. The van der Waals surface area contributed by atoms with Gasteiger partial charge in [0.25, 0.3) is 0 Å². The Kier molecular flexibility index (Phi) is 6.48. The highest BCUT2D eigenvalue weighted by Gasteiger charge is 2.13. The van der Waals surface area contributed by atoms with Crippen LogP contribution in [0.1, 0.15) is 33.1 Å². The molecule has 68 valence electrons. The zero-order valence-corrected chi connectivity index (χ0v) is 7.45. The predicted octanol–water partition coefficient (Wildman–Crippen LogP) is 3.37. The van der Waals surface area contributed by atoms with E-state index in [4.69, 9.17) is 0 Å². The third kappa shape index (κ3) is 4.33. The second kappa shape index (κ2) is 6.56. The van der Waals surface area contributed by atoms with Crippen molar-refractivity contribution in [3.05, 3.63) is 0 Å². The fraction of sp³-hybridized carbons (Fsp3) is 1.00. The van der Waals surface area contributed by atoms with Crippen LogP contribution in [0.15, 0.2) is 0 Å². The van der Waals surface area contributed by atoms with E-state index in [2.05, 4.69) is 0 Å². The fourth-order valence-electron chi connectivity index (χ4n) is 1.15. The number of halogens is 2. The van der Waals surface area contributed by atoms with Gasteiger partial charge in [-0.2, -0.15) is 0 Å². The Morgan fingerprint density at radius 2 is 1.27 bits per heavy atom. The summed E-state index contributed by atoms with van der Waals surface area (Å²) in [6.45, 7) is 3.31. The minimum Gasteiger partial charge on any atom is -0.251 e. The monoisotopic (exact) mass is 164 g/mol. The smallest absolute Gasteiger partial charge is 0.0922 e. The van der Waals surface area contributed by atoms with Crippen LogP contribution in [-0.4, -0.2) is 13.3 Å². The van der Waals surface area contributed by atoms with E-state index in [1.165, 1.54) is 0 Å². The lowest BCUT2D eigenvalue weighted by atomic mass is 9.93. The van der Waals surface area contributed by atoms with Gasteiger partial charge in [0.1, 0.15) is 0 Å². The molecule has 0 nitrogen and oxygen atoms in total. The summed E-state index contributed by atoms with van der Waals surface area (Å²) in [6, 6.07) is 0. The molecule has 0 bridgehead atoms. The van der Waals surface area contributed by atoms with Crippen LogP contribution in [0.4, 0.5) is 8.78 Å². The Morgan fingerprint density at radius 3 is 1.45 bits per heavy atom. The summed E-state index contributed by atoms with van der Waals surface area (Å²) < 4.78 is 24.3. The van der Waals surface area contributed by atoms with Crippen molar-refractivity contribution in [2.45, 2.75) is 33.1 Å². The number of rotatable bonds is 6. The summed E-state index contributed by atoms with van der Waals surface area (Å²) in [5.41, 5.74) is 0. The van der Waals surface area contributed by atoms with Crippen molar-refractivity contribution in [1.29, 1.82) is 0 Å². The van der Waals surface area contributed by atoms with Crippen LogP contribution in [0.25, 0.3) is 0 Å². The molecule has 11 heavy (non-hydrogen) atoms. The fourth-order valence-corrected chi connectivity index (χ4v) is 1.15. The van der Waals surface area contributed by atoms with Gasteiger partial charge in [-0.05, 0) is 18.3 Å². The quantitative estimate of drug-likeness (QED) is 0.564. The molecule has 0 saturated carbocycles. The largest absolute Gasteiger partial charge is 0.251 e. The first-order chi connectivity index (χ1) is 5.28. The molecule has 0 rings (SSSR count). The summed E-state index contributed by atoms with van der Waals surface area (Å²) in [4.78, 5) is 0. The maximum atomic E-state index is 12.2. The van der Waals surface area contributed by atoms with Crippen LogP contribution < -0.4 is 0 Å². The molecule has 0 saturated heterocycles. The van der Waals surface area contributed by atoms with Crippen molar-refractivity contribution in [3.63, 3.8) is 0 Å². The van der Waals surface area contributed by atoms with Gasteiger partial charge in [0.05, 0.1) is 13.3 Å². The molecule has 0 aromatic heterocycles. The molecule has 2 heteroatoms. The van der Waals surface area contributed by atoms with E-state index in [1.54, 1.807) is 0 Å². The average Bonchev–Trinajstić information content (AvgIpc) is 2.07. The molecule has 0 N–H and O–H groups in total. The van der Waals surface area contributed by atoms with Crippen LogP contribution in [0.3, 0.4) is 0 Å². The van der Waals surface area contributed by atoms with E-state index < -0.39 is 0 Å². The van der Waals surface area contributed by atoms with Crippen molar-refractivity contribution >= 4 is 0 Å². The van der Waals surface area contributed by atoms with Gasteiger partial charge in [-0.15, -0.1) is 0 Å². The third-order valence-corrected chi connectivity index (χ3v) is 2.26. The lowest BCUT2D eigenvalue weighted by Crippen LogP contribution is -2.11. The highest BCUT2D eigenvalue weighted by Crippen LogP contribution is 2.19. The molecule has 0 aromatic rings. The molecule has 0 fully saturated rings. The second-order valence-electron chi connectivity index (χ2n) is 3.09. The summed E-state index contributed by atoms with van der Waals surface area (Å²) in [6.07, 6.45) is 2.36. The molecule has 0 aliphatic rings. The van der Waals surface area contributed by atoms with E-state index in [0.717, 1.165) is 12.8 Å².